The molecule has 0 atom stereocenters. The molecule has 1 heterocycles. The molecule has 9 nitrogen and oxygen atoms in total. The molecule has 240 valence electrons. The molecule has 0 spiro atoms. The number of nitroso groups, excluding NO2 is 1. The number of esters is 1. The molecule has 0 radical (unpaired) electrons. The quantitative estimate of drug-likeness (QED) is 0.0473. The van der Waals surface area contributed by atoms with Crippen LogP contribution < -0.4 is 14.9 Å². The first kappa shape index (κ1) is 34.8. The number of ether oxygens (including phenoxy) is 2. The third kappa shape index (κ3) is 10.8. The molecule has 45 heavy (non-hydrogen) atoms. The van der Waals surface area contributed by atoms with Gasteiger partial charge in [-0.15, -0.1) is 4.91 Å². The highest BCUT2D eigenvalue weighted by atomic mass is 16.5. The third-order valence-corrected chi connectivity index (χ3v) is 6.86. The number of carbonyl (C=O) groups excluding carboxylic acids is 1. The summed E-state index contributed by atoms with van der Waals surface area (Å²) in [6.07, 6.45) is 21.4. The molecule has 0 aliphatic carbocycles. The molecule has 0 aliphatic rings. The van der Waals surface area contributed by atoms with Crippen molar-refractivity contribution >= 4 is 22.6 Å². The molecule has 2 aromatic carbocycles. The summed E-state index contributed by atoms with van der Waals surface area (Å²) in [5, 5.41) is 22.8. The van der Waals surface area contributed by atoms with Crippen LogP contribution in [0.3, 0.4) is 0 Å². The predicted molar refractivity (Wildman–Crippen MR) is 177 cm³/mol. The van der Waals surface area contributed by atoms with Crippen LogP contribution in [0.15, 0.2) is 81.2 Å². The summed E-state index contributed by atoms with van der Waals surface area (Å²) in [4.78, 5) is 38.0. The van der Waals surface area contributed by atoms with E-state index in [1.807, 2.05) is 0 Å². The van der Waals surface area contributed by atoms with Crippen LogP contribution in [0.25, 0.3) is 22.3 Å². The molecule has 0 bridgehead atoms. The van der Waals surface area contributed by atoms with E-state index in [1.165, 1.54) is 30.3 Å². The summed E-state index contributed by atoms with van der Waals surface area (Å²) in [7, 11) is 0. The molecular weight excluding hydrogens is 574 g/mol. The fourth-order valence-corrected chi connectivity index (χ4v) is 4.65. The Morgan fingerprint density at radius 2 is 1.60 bits per heavy atom. The molecular formula is C36H43NO8. The van der Waals surface area contributed by atoms with Crippen molar-refractivity contribution in [2.24, 2.45) is 5.18 Å². The van der Waals surface area contributed by atoms with Crippen molar-refractivity contribution in [2.75, 3.05) is 0 Å². The van der Waals surface area contributed by atoms with E-state index in [9.17, 15) is 24.7 Å². The molecule has 3 rings (SSSR count). The number of allylic oxidation sites excluding steroid dienone is 6. The van der Waals surface area contributed by atoms with Crippen molar-refractivity contribution in [3.8, 4) is 34.3 Å². The van der Waals surface area contributed by atoms with Gasteiger partial charge in [-0.2, -0.15) is 0 Å². The number of unbranched alkanes of at least 4 members (excludes halogenated alkanes) is 5. The van der Waals surface area contributed by atoms with Crippen LogP contribution in [0.1, 0.15) is 85.0 Å². The Morgan fingerprint density at radius 1 is 0.911 bits per heavy atom. The first-order valence-corrected chi connectivity index (χ1v) is 15.6. The van der Waals surface area contributed by atoms with Gasteiger partial charge in [-0.25, -0.2) is 0 Å². The number of carbonyl (C=O) groups is 1. The number of benzene rings is 2. The Bertz CT molecular complexity index is 1580. The summed E-state index contributed by atoms with van der Waals surface area (Å²) in [5.74, 6) is -1.90. The van der Waals surface area contributed by atoms with Gasteiger partial charge in [0, 0.05) is 24.1 Å². The molecule has 0 fully saturated rings. The van der Waals surface area contributed by atoms with E-state index >= 15 is 0 Å². The number of rotatable bonds is 18. The second-order valence-electron chi connectivity index (χ2n) is 10.9. The second kappa shape index (κ2) is 18.2. The number of phenolic OH excluding ortho intramolecular Hbond substituents is 2. The maximum atomic E-state index is 13.8. The van der Waals surface area contributed by atoms with Gasteiger partial charge in [0.05, 0.1) is 6.10 Å². The zero-order valence-electron chi connectivity index (χ0n) is 26.3. The van der Waals surface area contributed by atoms with Gasteiger partial charge in [-0.3, -0.25) is 9.59 Å². The summed E-state index contributed by atoms with van der Waals surface area (Å²) in [5.41, 5.74) is -0.541. The van der Waals surface area contributed by atoms with Crippen molar-refractivity contribution in [1.29, 1.82) is 0 Å². The minimum absolute atomic E-state index is 0.0127. The lowest BCUT2D eigenvalue weighted by atomic mass is 10.1. The summed E-state index contributed by atoms with van der Waals surface area (Å²) in [6.45, 7) is 5.64. The standard InChI is InChI=1S/C36H43NO8/c1-4-5-6-7-8-9-10-11-12-13-14-15-16-17-18-19-32(40)45-36-34(41)33-30(43-25(2)3)23-27(37-42)24-31(33)44-35(36)26-20-21-28(38)29(39)22-26/h5-6,8-9,11-12,20-25,38-39H,4,7,10,13-19H2,1-3H3/b6-5-,9-8-,12-11-. The molecule has 2 N–H and O–H groups in total. The largest absolute Gasteiger partial charge is 0.504 e. The average molecular weight is 618 g/mol. The zero-order chi connectivity index (χ0) is 32.6. The van der Waals surface area contributed by atoms with Gasteiger partial charge in [0.2, 0.25) is 11.2 Å². The molecule has 9 heteroatoms. The summed E-state index contributed by atoms with van der Waals surface area (Å²) >= 11 is 0. The molecule has 0 amide bonds. The lowest BCUT2D eigenvalue weighted by molar-refractivity contribution is -0.134. The van der Waals surface area contributed by atoms with Crippen molar-refractivity contribution in [3.05, 3.63) is 81.9 Å². The summed E-state index contributed by atoms with van der Waals surface area (Å²) in [6, 6.07) is 6.42. The summed E-state index contributed by atoms with van der Waals surface area (Å²) < 4.78 is 17.4. The van der Waals surface area contributed by atoms with E-state index in [0.717, 1.165) is 51.4 Å². The third-order valence-electron chi connectivity index (χ3n) is 6.86. The van der Waals surface area contributed by atoms with Gasteiger partial charge in [0.15, 0.2) is 17.3 Å². The smallest absolute Gasteiger partial charge is 0.311 e. The highest BCUT2D eigenvalue weighted by molar-refractivity contribution is 5.91. The molecule has 0 unspecified atom stereocenters. The van der Waals surface area contributed by atoms with E-state index in [2.05, 4.69) is 48.6 Å². The van der Waals surface area contributed by atoms with Crippen molar-refractivity contribution in [2.45, 2.75) is 91.1 Å². The monoisotopic (exact) mass is 617 g/mol. The van der Waals surface area contributed by atoms with E-state index in [1.54, 1.807) is 13.8 Å². The van der Waals surface area contributed by atoms with Crippen LogP contribution in [-0.2, 0) is 4.79 Å². The molecule has 0 aliphatic heterocycles. The van der Waals surface area contributed by atoms with Crippen molar-refractivity contribution < 1.29 is 28.9 Å². The highest BCUT2D eigenvalue weighted by Crippen LogP contribution is 2.39. The van der Waals surface area contributed by atoms with Gasteiger partial charge < -0.3 is 24.1 Å². The number of hydrogen-bond acceptors (Lipinski definition) is 9. The van der Waals surface area contributed by atoms with E-state index in [-0.39, 0.29) is 57.8 Å². The minimum atomic E-state index is -0.683. The Hall–Kier alpha value is -4.66. The maximum Gasteiger partial charge on any atom is 0.311 e. The number of phenols is 2. The van der Waals surface area contributed by atoms with Crippen LogP contribution in [0.2, 0.25) is 0 Å². The average Bonchev–Trinajstić information content (AvgIpc) is 3.01. The van der Waals surface area contributed by atoms with Crippen LogP contribution in [0.4, 0.5) is 5.69 Å². The fraction of sp³-hybridized carbons (Fsp3) is 0.389. The number of nitrogens with zero attached hydrogens (tertiary/aromatic N) is 1. The van der Waals surface area contributed by atoms with Gasteiger partial charge >= 0.3 is 5.97 Å². The van der Waals surface area contributed by atoms with Gasteiger partial charge in [-0.1, -0.05) is 62.6 Å². The fourth-order valence-electron chi connectivity index (χ4n) is 4.65. The van der Waals surface area contributed by atoms with Crippen LogP contribution in [-0.4, -0.2) is 22.3 Å². The Kier molecular flexibility index (Phi) is 14.1. The maximum absolute atomic E-state index is 13.8. The van der Waals surface area contributed by atoms with E-state index in [4.69, 9.17) is 13.9 Å². The number of hydrogen-bond donors (Lipinski definition) is 2. The molecule has 1 aromatic heterocycles. The molecule has 0 saturated carbocycles. The highest BCUT2D eigenvalue weighted by Gasteiger charge is 2.24. The minimum Gasteiger partial charge on any atom is -0.504 e. The Balaban J connectivity index is 1.65. The second-order valence-corrected chi connectivity index (χ2v) is 10.9. The van der Waals surface area contributed by atoms with Crippen LogP contribution in [0, 0.1) is 4.91 Å². The Labute approximate surface area is 263 Å². The van der Waals surface area contributed by atoms with Crippen LogP contribution in [0.5, 0.6) is 23.0 Å². The van der Waals surface area contributed by atoms with Gasteiger partial charge in [0.25, 0.3) is 0 Å². The zero-order valence-corrected chi connectivity index (χ0v) is 26.3. The number of aromatic hydroxyl groups is 2. The van der Waals surface area contributed by atoms with Gasteiger partial charge in [0.1, 0.15) is 22.4 Å². The topological polar surface area (TPSA) is 136 Å². The van der Waals surface area contributed by atoms with Gasteiger partial charge in [-0.05, 0) is 75.7 Å². The molecule has 3 aromatic rings. The Morgan fingerprint density at radius 3 is 2.29 bits per heavy atom. The van der Waals surface area contributed by atoms with Crippen molar-refractivity contribution in [1.82, 2.24) is 0 Å². The molecule has 0 saturated heterocycles. The normalized spacial score (nSPS) is 11.8. The first-order chi connectivity index (χ1) is 21.7. The van der Waals surface area contributed by atoms with Crippen molar-refractivity contribution in [3.63, 3.8) is 0 Å². The SMILES string of the molecule is CC/C=C\C/C=C\C/C=C\CCCCCCCC(=O)Oc1c(-c2ccc(O)c(O)c2)oc2cc(N=O)cc(OC(C)C)c2c1=O. The predicted octanol–water partition coefficient (Wildman–Crippen LogP) is 9.55. The first-order valence-electron chi connectivity index (χ1n) is 15.6. The van der Waals surface area contributed by atoms with Crippen LogP contribution >= 0.6 is 0 Å². The van der Waals surface area contributed by atoms with E-state index < -0.39 is 17.1 Å². The lowest BCUT2D eigenvalue weighted by Crippen LogP contribution is -2.17. The number of fused-ring (bicyclic) bond motifs is 1. The lowest BCUT2D eigenvalue weighted by Gasteiger charge is -2.15. The van der Waals surface area contributed by atoms with E-state index in [0.29, 0.717) is 6.42 Å².